The van der Waals surface area contributed by atoms with E-state index in [2.05, 4.69) is 0 Å². The van der Waals surface area contributed by atoms with Gasteiger partial charge in [-0.3, -0.25) is 4.79 Å². The van der Waals surface area contributed by atoms with E-state index in [1.165, 1.54) is 0 Å². The molecule has 2 rings (SSSR count). The fraction of sp³-hybridized carbons (Fsp3) is 0.947. The van der Waals surface area contributed by atoms with E-state index >= 15 is 0 Å². The smallest absolute Gasteiger partial charge is 0.391 e. The second-order valence-corrected chi connectivity index (χ2v) is 15.0. The van der Waals surface area contributed by atoms with Crippen LogP contribution < -0.4 is 5.32 Å². The molecule has 0 aromatic rings. The molecule has 0 bridgehead atoms. The number of amides is 1. The summed E-state index contributed by atoms with van der Waals surface area (Å²) in [5.41, 5.74) is 0. The lowest BCUT2D eigenvalue weighted by molar-refractivity contribution is -0.289. The van der Waals surface area contributed by atoms with Crippen LogP contribution in [-0.4, -0.2) is 69.1 Å². The van der Waals surface area contributed by atoms with Crippen LogP contribution in [0.1, 0.15) is 55.4 Å². The SMILES string of the molecule is CC(C)O[C@H]1O[C@@H]2CO[Si](C(C)(C)C)(C(C)(C)C)O[C@@H]2[C@H](O)[C@H]1NC(=O)C(F)(F)F. The Hall–Kier alpha value is -0.723. The molecule has 7 nitrogen and oxygen atoms in total. The molecule has 0 aromatic carbocycles. The van der Waals surface area contributed by atoms with Gasteiger partial charge in [-0.05, 0) is 13.8 Å². The molecule has 5 atom stereocenters. The number of alkyl halides is 3. The van der Waals surface area contributed by atoms with Crippen LogP contribution in [-0.2, 0) is 23.1 Å². The summed E-state index contributed by atoms with van der Waals surface area (Å²) in [5.74, 6) is -2.17. The Bertz CT molecular complexity index is 617. The number of carbonyl (C=O) groups is 1. The third-order valence-electron chi connectivity index (χ3n) is 5.36. The second kappa shape index (κ2) is 8.32. The summed E-state index contributed by atoms with van der Waals surface area (Å²) in [7, 11) is -3.01. The zero-order valence-corrected chi connectivity index (χ0v) is 19.8. The monoisotopic (exact) mass is 457 g/mol. The summed E-state index contributed by atoms with van der Waals surface area (Å²) >= 11 is 0. The van der Waals surface area contributed by atoms with Gasteiger partial charge in [0.2, 0.25) is 0 Å². The largest absolute Gasteiger partial charge is 0.471 e. The van der Waals surface area contributed by atoms with Crippen LogP contribution in [0.5, 0.6) is 0 Å². The van der Waals surface area contributed by atoms with Crippen LogP contribution in [0.3, 0.4) is 0 Å². The van der Waals surface area contributed by atoms with Gasteiger partial charge in [-0.1, -0.05) is 41.5 Å². The highest BCUT2D eigenvalue weighted by Crippen LogP contribution is 2.55. The quantitative estimate of drug-likeness (QED) is 0.634. The van der Waals surface area contributed by atoms with Gasteiger partial charge in [0.15, 0.2) is 6.29 Å². The van der Waals surface area contributed by atoms with Crippen molar-refractivity contribution < 1.29 is 41.4 Å². The summed E-state index contributed by atoms with van der Waals surface area (Å²) in [6.45, 7) is 15.3. The maximum Gasteiger partial charge on any atom is 0.471 e. The van der Waals surface area contributed by atoms with Crippen molar-refractivity contribution in [3.63, 3.8) is 0 Å². The van der Waals surface area contributed by atoms with E-state index in [1.54, 1.807) is 13.8 Å². The van der Waals surface area contributed by atoms with Crippen molar-refractivity contribution in [1.82, 2.24) is 5.32 Å². The van der Waals surface area contributed by atoms with Crippen molar-refractivity contribution in [1.29, 1.82) is 0 Å². The molecule has 0 aliphatic carbocycles. The highest BCUT2D eigenvalue weighted by molar-refractivity contribution is 6.73. The molecular weight excluding hydrogens is 423 g/mol. The zero-order chi connectivity index (χ0) is 23.3. The lowest BCUT2D eigenvalue weighted by atomic mass is 9.96. The molecule has 2 aliphatic rings. The van der Waals surface area contributed by atoms with Crippen molar-refractivity contribution in [3.05, 3.63) is 0 Å². The summed E-state index contributed by atoms with van der Waals surface area (Å²) in [4.78, 5) is 11.6. The summed E-state index contributed by atoms with van der Waals surface area (Å²) in [6.07, 6.45) is -9.97. The van der Waals surface area contributed by atoms with E-state index in [1.807, 2.05) is 46.9 Å². The number of nitrogens with one attached hydrogen (secondary N) is 1. The van der Waals surface area contributed by atoms with E-state index in [0.29, 0.717) is 0 Å². The van der Waals surface area contributed by atoms with Crippen LogP contribution in [0, 0.1) is 0 Å². The molecule has 2 fully saturated rings. The summed E-state index contributed by atoms with van der Waals surface area (Å²) < 4.78 is 62.7. The molecule has 30 heavy (non-hydrogen) atoms. The maximum atomic E-state index is 12.9. The highest BCUT2D eigenvalue weighted by Gasteiger charge is 2.65. The minimum Gasteiger partial charge on any atom is -0.391 e. The van der Waals surface area contributed by atoms with Gasteiger partial charge in [-0.2, -0.15) is 13.2 Å². The number of aliphatic hydroxyl groups excluding tert-OH is 1. The number of rotatable bonds is 3. The Morgan fingerprint density at radius 3 is 2.10 bits per heavy atom. The van der Waals surface area contributed by atoms with E-state index in [-0.39, 0.29) is 6.61 Å². The van der Waals surface area contributed by atoms with Gasteiger partial charge in [0.25, 0.3) is 0 Å². The van der Waals surface area contributed by atoms with Crippen molar-refractivity contribution >= 4 is 14.5 Å². The molecule has 1 amide bonds. The van der Waals surface area contributed by atoms with Crippen LogP contribution in [0.4, 0.5) is 13.2 Å². The van der Waals surface area contributed by atoms with Crippen LogP contribution in [0.2, 0.25) is 10.1 Å². The van der Waals surface area contributed by atoms with E-state index in [4.69, 9.17) is 18.3 Å². The first-order chi connectivity index (χ1) is 13.4. The van der Waals surface area contributed by atoms with Gasteiger partial charge in [-0.25, -0.2) is 0 Å². The number of halogens is 3. The Morgan fingerprint density at radius 2 is 1.67 bits per heavy atom. The molecule has 0 radical (unpaired) electrons. The molecule has 0 saturated carbocycles. The number of carbonyl (C=O) groups excluding carboxylic acids is 1. The number of hydrogen-bond donors (Lipinski definition) is 2. The normalized spacial score (nSPS) is 32.6. The topological polar surface area (TPSA) is 86.2 Å². The summed E-state index contributed by atoms with van der Waals surface area (Å²) in [5, 5.41) is 12.1. The second-order valence-electron chi connectivity index (χ2n) is 10.2. The molecule has 0 unspecified atom stereocenters. The first-order valence-corrected chi connectivity index (χ1v) is 11.9. The molecule has 2 N–H and O–H groups in total. The predicted molar refractivity (Wildman–Crippen MR) is 105 cm³/mol. The molecule has 176 valence electrons. The number of ether oxygens (including phenoxy) is 2. The minimum absolute atomic E-state index is 0.111. The number of aliphatic hydroxyl groups is 1. The lowest BCUT2D eigenvalue weighted by Crippen LogP contribution is -2.73. The number of hydrogen-bond acceptors (Lipinski definition) is 6. The zero-order valence-electron chi connectivity index (χ0n) is 18.8. The molecule has 0 aromatic heterocycles. The highest BCUT2D eigenvalue weighted by atomic mass is 28.4. The maximum absolute atomic E-state index is 12.9. The van der Waals surface area contributed by atoms with Crippen molar-refractivity contribution in [2.75, 3.05) is 6.61 Å². The van der Waals surface area contributed by atoms with Gasteiger partial charge in [0.1, 0.15) is 24.4 Å². The lowest BCUT2D eigenvalue weighted by Gasteiger charge is -2.57. The first kappa shape index (κ1) is 25.5. The van der Waals surface area contributed by atoms with Gasteiger partial charge in [-0.15, -0.1) is 0 Å². The minimum atomic E-state index is -5.11. The van der Waals surface area contributed by atoms with Gasteiger partial charge < -0.3 is 28.7 Å². The van der Waals surface area contributed by atoms with E-state index in [9.17, 15) is 23.1 Å². The Morgan fingerprint density at radius 1 is 1.13 bits per heavy atom. The fourth-order valence-electron chi connectivity index (χ4n) is 4.31. The average molecular weight is 458 g/mol. The predicted octanol–water partition coefficient (Wildman–Crippen LogP) is 3.00. The third-order valence-corrected chi connectivity index (χ3v) is 10.5. The molecule has 11 heteroatoms. The van der Waals surface area contributed by atoms with Crippen LogP contribution >= 0.6 is 0 Å². The van der Waals surface area contributed by atoms with Crippen LogP contribution in [0.15, 0.2) is 0 Å². The Labute approximate surface area is 176 Å². The molecule has 2 heterocycles. The molecular formula is C19H34F3NO6Si. The standard InChI is InChI=1S/C19H34F3NO6Si/c1-10(2)27-15-12(23-16(25)19(20,21)22)13(24)14-11(28-15)9-26-30(29-14,17(3,4)5)18(6,7)8/h10-15,24H,9H2,1-8H3,(H,23,25)/t11-,12-,13-,14+,15+/m1/s1. The average Bonchev–Trinajstić information content (AvgIpc) is 2.54. The summed E-state index contributed by atoms with van der Waals surface area (Å²) in [6, 6.07) is -1.45. The fourth-order valence-corrected chi connectivity index (χ4v) is 9.27. The Balaban J connectivity index is 2.38. The van der Waals surface area contributed by atoms with E-state index in [0.717, 1.165) is 0 Å². The van der Waals surface area contributed by atoms with Crippen molar-refractivity contribution in [2.24, 2.45) is 0 Å². The van der Waals surface area contributed by atoms with Gasteiger partial charge in [0.05, 0.1) is 12.7 Å². The molecule has 2 saturated heterocycles. The van der Waals surface area contributed by atoms with Gasteiger partial charge in [0, 0.05) is 10.1 Å². The third kappa shape index (κ3) is 4.86. The van der Waals surface area contributed by atoms with Crippen LogP contribution in [0.25, 0.3) is 0 Å². The van der Waals surface area contributed by atoms with Crippen molar-refractivity contribution in [3.8, 4) is 0 Å². The van der Waals surface area contributed by atoms with Gasteiger partial charge >= 0.3 is 20.6 Å². The number of fused-ring (bicyclic) bond motifs is 1. The first-order valence-electron chi connectivity index (χ1n) is 10.1. The Kier molecular flexibility index (Phi) is 7.08. The van der Waals surface area contributed by atoms with Crippen molar-refractivity contribution in [2.45, 2.75) is 108 Å². The molecule has 0 spiro atoms. The molecule has 2 aliphatic heterocycles. The van der Waals surface area contributed by atoms with E-state index < -0.39 is 67.5 Å².